The second-order valence-corrected chi connectivity index (χ2v) is 2.60. The zero-order chi connectivity index (χ0) is 6.27. The van der Waals surface area contributed by atoms with Gasteiger partial charge in [-0.3, -0.25) is 0 Å². The van der Waals surface area contributed by atoms with Gasteiger partial charge in [0.15, 0.2) is 6.29 Å². The highest BCUT2D eigenvalue weighted by Crippen LogP contribution is 2.33. The van der Waals surface area contributed by atoms with Crippen molar-refractivity contribution in [1.29, 1.82) is 0 Å². The van der Waals surface area contributed by atoms with E-state index < -0.39 is 0 Å². The first-order chi connectivity index (χ1) is 4.38. The molecule has 2 heterocycles. The maximum atomic E-state index is 5.27. The van der Waals surface area contributed by atoms with E-state index >= 15 is 0 Å². The molecule has 0 aromatic heterocycles. The van der Waals surface area contributed by atoms with Gasteiger partial charge in [0.1, 0.15) is 0 Å². The molecule has 0 aromatic rings. The van der Waals surface area contributed by atoms with E-state index in [1.807, 2.05) is 0 Å². The molecule has 2 heteroatoms. The van der Waals surface area contributed by atoms with Gasteiger partial charge in [0.2, 0.25) is 0 Å². The Labute approximate surface area is 54.5 Å². The number of hydrogen-bond acceptors (Lipinski definition) is 2. The second kappa shape index (κ2) is 1.82. The Morgan fingerprint density at radius 2 is 2.33 bits per heavy atom. The van der Waals surface area contributed by atoms with Crippen molar-refractivity contribution in [1.82, 2.24) is 0 Å². The van der Waals surface area contributed by atoms with Gasteiger partial charge in [0, 0.05) is 5.92 Å². The van der Waals surface area contributed by atoms with Gasteiger partial charge < -0.3 is 9.47 Å². The summed E-state index contributed by atoms with van der Waals surface area (Å²) in [5.41, 5.74) is 1.21. The minimum absolute atomic E-state index is 0.0532. The van der Waals surface area contributed by atoms with Crippen molar-refractivity contribution >= 4 is 0 Å². The lowest BCUT2D eigenvalue weighted by Crippen LogP contribution is -2.09. The summed E-state index contributed by atoms with van der Waals surface area (Å²) in [6, 6.07) is 0. The summed E-state index contributed by atoms with van der Waals surface area (Å²) in [4.78, 5) is 0. The smallest absolute Gasteiger partial charge is 0.164 e. The van der Waals surface area contributed by atoms with E-state index in [0.29, 0.717) is 12.5 Å². The third-order valence-electron chi connectivity index (χ3n) is 2.00. The fourth-order valence-corrected chi connectivity index (χ4v) is 1.42. The molecule has 0 N–H and O–H groups in total. The van der Waals surface area contributed by atoms with Crippen molar-refractivity contribution in [3.8, 4) is 0 Å². The molecule has 0 saturated carbocycles. The fourth-order valence-electron chi connectivity index (χ4n) is 1.42. The van der Waals surface area contributed by atoms with Crippen molar-refractivity contribution in [3.05, 3.63) is 12.2 Å². The van der Waals surface area contributed by atoms with Gasteiger partial charge in [0.05, 0.1) is 13.2 Å². The molecule has 0 aromatic carbocycles. The highest BCUT2D eigenvalue weighted by Gasteiger charge is 2.36. The Bertz CT molecular complexity index is 142. The lowest BCUT2D eigenvalue weighted by molar-refractivity contribution is -0.0904. The summed E-state index contributed by atoms with van der Waals surface area (Å²) in [6.45, 7) is 5.44. The summed E-state index contributed by atoms with van der Waals surface area (Å²) in [5.74, 6) is 0.505. The summed E-state index contributed by atoms with van der Waals surface area (Å²) < 4.78 is 10.5. The molecular formula is C7H10O2. The summed E-state index contributed by atoms with van der Waals surface area (Å²) in [7, 11) is 0. The predicted molar refractivity (Wildman–Crippen MR) is 32.9 cm³/mol. The Hall–Kier alpha value is -0.340. The normalized spacial score (nSPS) is 41.6. The third-order valence-corrected chi connectivity index (χ3v) is 2.00. The predicted octanol–water partition coefficient (Wildman–Crippen LogP) is 0.935. The zero-order valence-corrected chi connectivity index (χ0v) is 5.30. The number of ether oxygens (including phenoxy) is 2. The van der Waals surface area contributed by atoms with Crippen LogP contribution in [0.1, 0.15) is 6.42 Å². The lowest BCUT2D eigenvalue weighted by atomic mass is 10.0. The van der Waals surface area contributed by atoms with Gasteiger partial charge in [0.25, 0.3) is 0 Å². The quantitative estimate of drug-likeness (QED) is 0.450. The zero-order valence-electron chi connectivity index (χ0n) is 5.30. The topological polar surface area (TPSA) is 18.5 Å². The van der Waals surface area contributed by atoms with Crippen LogP contribution in [0.3, 0.4) is 0 Å². The standard InChI is InChI=1S/C7H10O2/c1-5-4-9-7-6(5)2-3-8-7/h6-7H,1-4H2/t6-,7?/m0/s1. The minimum atomic E-state index is 0.0532. The number of rotatable bonds is 0. The molecule has 0 bridgehead atoms. The van der Waals surface area contributed by atoms with Crippen LogP contribution >= 0.6 is 0 Å². The minimum Gasteiger partial charge on any atom is -0.352 e. The van der Waals surface area contributed by atoms with E-state index in [-0.39, 0.29) is 6.29 Å². The lowest BCUT2D eigenvalue weighted by Gasteiger charge is -2.04. The van der Waals surface area contributed by atoms with Gasteiger partial charge in [-0.1, -0.05) is 6.58 Å². The molecule has 50 valence electrons. The van der Waals surface area contributed by atoms with Gasteiger partial charge >= 0.3 is 0 Å². The number of fused-ring (bicyclic) bond motifs is 1. The van der Waals surface area contributed by atoms with Crippen LogP contribution in [-0.4, -0.2) is 19.5 Å². The largest absolute Gasteiger partial charge is 0.352 e. The van der Waals surface area contributed by atoms with Gasteiger partial charge in [-0.05, 0) is 12.0 Å². The summed E-state index contributed by atoms with van der Waals surface area (Å²) in [6.07, 6.45) is 1.15. The molecule has 0 radical (unpaired) electrons. The molecule has 0 amide bonds. The second-order valence-electron chi connectivity index (χ2n) is 2.60. The molecule has 1 unspecified atom stereocenters. The maximum Gasteiger partial charge on any atom is 0.164 e. The molecule has 2 aliphatic heterocycles. The van der Waals surface area contributed by atoms with E-state index in [9.17, 15) is 0 Å². The first-order valence-corrected chi connectivity index (χ1v) is 3.29. The van der Waals surface area contributed by atoms with Crippen LogP contribution in [0, 0.1) is 5.92 Å². The molecule has 2 atom stereocenters. The van der Waals surface area contributed by atoms with Crippen molar-refractivity contribution in [2.75, 3.05) is 13.2 Å². The molecule has 2 saturated heterocycles. The van der Waals surface area contributed by atoms with Gasteiger partial charge in [-0.2, -0.15) is 0 Å². The molecule has 0 spiro atoms. The monoisotopic (exact) mass is 126 g/mol. The van der Waals surface area contributed by atoms with E-state index in [2.05, 4.69) is 6.58 Å². The van der Waals surface area contributed by atoms with E-state index in [0.717, 1.165) is 13.0 Å². The van der Waals surface area contributed by atoms with Crippen LogP contribution in [-0.2, 0) is 9.47 Å². The van der Waals surface area contributed by atoms with Gasteiger partial charge in [-0.15, -0.1) is 0 Å². The Balaban J connectivity index is 2.15. The van der Waals surface area contributed by atoms with Crippen LogP contribution in [0.25, 0.3) is 0 Å². The van der Waals surface area contributed by atoms with E-state index in [1.165, 1.54) is 5.57 Å². The molecule has 2 nitrogen and oxygen atoms in total. The Morgan fingerprint density at radius 1 is 1.44 bits per heavy atom. The molecule has 2 fully saturated rings. The fraction of sp³-hybridized carbons (Fsp3) is 0.714. The first-order valence-electron chi connectivity index (χ1n) is 3.29. The Morgan fingerprint density at radius 3 is 3.11 bits per heavy atom. The summed E-state index contributed by atoms with van der Waals surface area (Å²) in [5, 5.41) is 0. The Kier molecular flexibility index (Phi) is 1.10. The van der Waals surface area contributed by atoms with Crippen LogP contribution < -0.4 is 0 Å². The average Bonchev–Trinajstić information content (AvgIpc) is 2.35. The highest BCUT2D eigenvalue weighted by molar-refractivity contribution is 5.08. The molecule has 2 aliphatic rings. The molecule has 0 aliphatic carbocycles. The van der Waals surface area contributed by atoms with Crippen molar-refractivity contribution in [2.45, 2.75) is 12.7 Å². The van der Waals surface area contributed by atoms with Crippen molar-refractivity contribution in [2.24, 2.45) is 5.92 Å². The van der Waals surface area contributed by atoms with Crippen molar-refractivity contribution < 1.29 is 9.47 Å². The maximum absolute atomic E-state index is 5.27. The van der Waals surface area contributed by atoms with E-state index in [4.69, 9.17) is 9.47 Å². The van der Waals surface area contributed by atoms with Gasteiger partial charge in [-0.25, -0.2) is 0 Å². The average molecular weight is 126 g/mol. The van der Waals surface area contributed by atoms with Crippen LogP contribution in [0.15, 0.2) is 12.2 Å². The third kappa shape index (κ3) is 0.705. The SMILES string of the molecule is C=C1COC2OCC[C@@H]12. The number of hydrogen-bond donors (Lipinski definition) is 0. The highest BCUT2D eigenvalue weighted by atomic mass is 16.7. The van der Waals surface area contributed by atoms with Crippen LogP contribution in [0.5, 0.6) is 0 Å². The molecule has 2 rings (SSSR count). The molecular weight excluding hydrogens is 116 g/mol. The van der Waals surface area contributed by atoms with Crippen LogP contribution in [0.4, 0.5) is 0 Å². The van der Waals surface area contributed by atoms with Crippen molar-refractivity contribution in [3.63, 3.8) is 0 Å². The summed E-state index contributed by atoms with van der Waals surface area (Å²) >= 11 is 0. The van der Waals surface area contributed by atoms with Crippen LogP contribution in [0.2, 0.25) is 0 Å². The first kappa shape index (κ1) is 5.45. The molecule has 9 heavy (non-hydrogen) atoms. The van der Waals surface area contributed by atoms with E-state index in [1.54, 1.807) is 0 Å².